The maximum absolute atomic E-state index is 5.79. The smallest absolute Gasteiger partial charge is 0.227 e. The quantitative estimate of drug-likeness (QED) is 0.865. The van der Waals surface area contributed by atoms with Gasteiger partial charge in [0, 0.05) is 5.69 Å². The fraction of sp³-hybridized carbons (Fsp3) is 0.533. The van der Waals surface area contributed by atoms with Gasteiger partial charge < -0.3 is 10.1 Å². The van der Waals surface area contributed by atoms with Crippen molar-refractivity contribution in [1.29, 1.82) is 0 Å². The molecule has 5 heteroatoms. The van der Waals surface area contributed by atoms with E-state index in [-0.39, 0.29) is 6.04 Å². The molecule has 2 aromatic heterocycles. The average Bonchev–Trinajstić information content (AvgIpc) is 2.60. The van der Waals surface area contributed by atoms with E-state index < -0.39 is 0 Å². The number of pyridine rings is 1. The number of hydrogen-bond acceptors (Lipinski definition) is 5. The topological polar surface area (TPSA) is 59.9 Å². The summed E-state index contributed by atoms with van der Waals surface area (Å²) < 4.78 is 5.79. The molecule has 0 aromatic carbocycles. The Morgan fingerprint density at radius 1 is 1.25 bits per heavy atom. The lowest BCUT2D eigenvalue weighted by atomic mass is 10.2. The molecule has 0 saturated carbocycles. The summed E-state index contributed by atoms with van der Waals surface area (Å²) in [5.74, 6) is 2.24. The van der Waals surface area contributed by atoms with Crippen LogP contribution in [0.15, 0.2) is 6.07 Å². The first-order chi connectivity index (χ1) is 9.67. The Kier molecular flexibility index (Phi) is 4.37. The third-order valence-electron chi connectivity index (χ3n) is 3.14. The highest BCUT2D eigenvalue weighted by atomic mass is 16.5. The Labute approximate surface area is 119 Å². The molecule has 0 unspecified atom stereocenters. The lowest BCUT2D eigenvalue weighted by molar-refractivity contribution is 0.290. The van der Waals surface area contributed by atoms with Crippen LogP contribution in [0.2, 0.25) is 0 Å². The molecule has 2 aromatic rings. The van der Waals surface area contributed by atoms with Crippen LogP contribution in [0.4, 0.5) is 5.82 Å². The van der Waals surface area contributed by atoms with Crippen molar-refractivity contribution < 1.29 is 4.74 Å². The third kappa shape index (κ3) is 2.66. The zero-order chi connectivity index (χ0) is 14.7. The van der Waals surface area contributed by atoms with E-state index in [4.69, 9.17) is 4.74 Å². The van der Waals surface area contributed by atoms with Crippen LogP contribution in [-0.2, 0) is 0 Å². The summed E-state index contributed by atoms with van der Waals surface area (Å²) >= 11 is 0. The molecule has 0 fully saturated rings. The van der Waals surface area contributed by atoms with Gasteiger partial charge in [-0.15, -0.1) is 0 Å². The first-order valence-electron chi connectivity index (χ1n) is 7.22. The van der Waals surface area contributed by atoms with Gasteiger partial charge in [0.15, 0.2) is 0 Å². The van der Waals surface area contributed by atoms with Gasteiger partial charge in [-0.2, -0.15) is 0 Å². The summed E-state index contributed by atoms with van der Waals surface area (Å²) in [5, 5.41) is 4.31. The van der Waals surface area contributed by atoms with Crippen LogP contribution >= 0.6 is 0 Å². The van der Waals surface area contributed by atoms with E-state index in [2.05, 4.69) is 27.2 Å². The minimum absolute atomic E-state index is 0.261. The van der Waals surface area contributed by atoms with Gasteiger partial charge in [-0.1, -0.05) is 20.8 Å². The van der Waals surface area contributed by atoms with Crippen LogP contribution in [0.5, 0.6) is 5.88 Å². The summed E-state index contributed by atoms with van der Waals surface area (Å²) in [6, 6.07) is 2.23. The van der Waals surface area contributed by atoms with E-state index in [9.17, 15) is 0 Å². The largest absolute Gasteiger partial charge is 0.475 e. The summed E-state index contributed by atoms with van der Waals surface area (Å²) in [4.78, 5) is 13.4. The monoisotopic (exact) mass is 274 g/mol. The maximum Gasteiger partial charge on any atom is 0.227 e. The van der Waals surface area contributed by atoms with Crippen molar-refractivity contribution in [1.82, 2.24) is 15.0 Å². The molecular weight excluding hydrogens is 252 g/mol. The van der Waals surface area contributed by atoms with Gasteiger partial charge in [-0.3, -0.25) is 0 Å². The Hall–Kier alpha value is -1.91. The molecule has 0 spiro atoms. The number of ether oxygens (including phenoxy) is 1. The second-order valence-electron chi connectivity index (χ2n) is 4.64. The van der Waals surface area contributed by atoms with Crippen molar-refractivity contribution in [2.45, 2.75) is 47.1 Å². The van der Waals surface area contributed by atoms with Crippen LogP contribution in [0.3, 0.4) is 0 Å². The van der Waals surface area contributed by atoms with Crippen molar-refractivity contribution in [2.75, 3.05) is 11.9 Å². The number of aryl methyl sites for hydroxylation is 2. The summed E-state index contributed by atoms with van der Waals surface area (Å²) in [6.07, 6.45) is 0.984. The maximum atomic E-state index is 5.79. The standard InChI is InChI=1S/C13H16N4O.C2H6/c1-4-9-6-18-13-11-10(5-7(2)14-13)15-8(3)16-12(11)17-9;1-2/h5,9H,4,6H2,1-3H3,(H,15,16,17);1-2H3/t9-;/m0./s1. The van der Waals surface area contributed by atoms with Gasteiger partial charge in [0.05, 0.1) is 11.6 Å². The van der Waals surface area contributed by atoms with Crippen LogP contribution in [-0.4, -0.2) is 27.6 Å². The second-order valence-corrected chi connectivity index (χ2v) is 4.64. The van der Waals surface area contributed by atoms with Crippen LogP contribution in [0, 0.1) is 13.8 Å². The van der Waals surface area contributed by atoms with Gasteiger partial charge in [0.2, 0.25) is 5.88 Å². The van der Waals surface area contributed by atoms with Gasteiger partial charge in [-0.25, -0.2) is 15.0 Å². The van der Waals surface area contributed by atoms with E-state index in [1.165, 1.54) is 0 Å². The molecule has 3 rings (SSSR count). The zero-order valence-corrected chi connectivity index (χ0v) is 12.8. The molecular formula is C15H22N4O. The molecule has 0 amide bonds. The van der Waals surface area contributed by atoms with Crippen LogP contribution in [0.25, 0.3) is 10.9 Å². The number of hydrogen-bond donors (Lipinski definition) is 1. The van der Waals surface area contributed by atoms with E-state index in [1.54, 1.807) is 0 Å². The normalized spacial score (nSPS) is 16.6. The fourth-order valence-corrected chi connectivity index (χ4v) is 2.20. The van der Waals surface area contributed by atoms with Crippen molar-refractivity contribution in [3.63, 3.8) is 0 Å². The Balaban J connectivity index is 0.000000704. The van der Waals surface area contributed by atoms with Crippen LogP contribution in [0.1, 0.15) is 38.7 Å². The second kappa shape index (κ2) is 6.03. The van der Waals surface area contributed by atoms with E-state index >= 15 is 0 Å². The first kappa shape index (κ1) is 14.5. The van der Waals surface area contributed by atoms with Crippen molar-refractivity contribution >= 4 is 16.7 Å². The minimum Gasteiger partial charge on any atom is -0.475 e. The molecule has 0 bridgehead atoms. The molecule has 1 aliphatic heterocycles. The van der Waals surface area contributed by atoms with Gasteiger partial charge >= 0.3 is 0 Å². The minimum atomic E-state index is 0.261. The predicted molar refractivity (Wildman–Crippen MR) is 81.4 cm³/mol. The zero-order valence-electron chi connectivity index (χ0n) is 12.8. The molecule has 1 aliphatic rings. The number of rotatable bonds is 1. The Morgan fingerprint density at radius 3 is 2.70 bits per heavy atom. The number of anilines is 1. The number of nitrogens with zero attached hydrogens (tertiary/aromatic N) is 3. The van der Waals surface area contributed by atoms with Gasteiger partial charge in [0.25, 0.3) is 0 Å². The highest BCUT2D eigenvalue weighted by molar-refractivity contribution is 5.94. The van der Waals surface area contributed by atoms with Crippen molar-refractivity contribution in [3.8, 4) is 5.88 Å². The third-order valence-corrected chi connectivity index (χ3v) is 3.14. The number of aromatic nitrogens is 3. The molecule has 5 nitrogen and oxygen atoms in total. The molecule has 108 valence electrons. The number of nitrogens with one attached hydrogen (secondary N) is 1. The summed E-state index contributed by atoms with van der Waals surface area (Å²) in [5.41, 5.74) is 1.81. The molecule has 0 aliphatic carbocycles. The highest BCUT2D eigenvalue weighted by Gasteiger charge is 2.21. The molecule has 0 saturated heterocycles. The molecule has 20 heavy (non-hydrogen) atoms. The van der Waals surface area contributed by atoms with Crippen molar-refractivity contribution in [2.24, 2.45) is 0 Å². The van der Waals surface area contributed by atoms with E-state index in [0.29, 0.717) is 12.5 Å². The fourth-order valence-electron chi connectivity index (χ4n) is 2.20. The SMILES string of the molecule is CC.CC[C@H]1COc2nc(C)cc3nc(C)nc(c23)N1. The van der Waals surface area contributed by atoms with E-state index in [0.717, 1.165) is 34.7 Å². The predicted octanol–water partition coefficient (Wildman–Crippen LogP) is 3.25. The molecule has 1 N–H and O–H groups in total. The lowest BCUT2D eigenvalue weighted by Gasteiger charge is -2.13. The van der Waals surface area contributed by atoms with Gasteiger partial charge in [-0.05, 0) is 26.3 Å². The Morgan fingerprint density at radius 2 is 2.00 bits per heavy atom. The highest BCUT2D eigenvalue weighted by Crippen LogP contribution is 2.32. The molecule has 3 heterocycles. The lowest BCUT2D eigenvalue weighted by Crippen LogP contribution is -2.25. The molecule has 0 radical (unpaired) electrons. The molecule has 1 atom stereocenters. The summed E-state index contributed by atoms with van der Waals surface area (Å²) in [7, 11) is 0. The first-order valence-corrected chi connectivity index (χ1v) is 7.22. The van der Waals surface area contributed by atoms with Gasteiger partial charge in [0.1, 0.15) is 23.6 Å². The summed E-state index contributed by atoms with van der Waals surface area (Å²) in [6.45, 7) is 10.6. The van der Waals surface area contributed by atoms with Crippen LogP contribution < -0.4 is 10.1 Å². The van der Waals surface area contributed by atoms with Crippen molar-refractivity contribution in [3.05, 3.63) is 17.6 Å². The van der Waals surface area contributed by atoms with E-state index in [1.807, 2.05) is 33.8 Å². The average molecular weight is 274 g/mol. The Bertz CT molecular complexity index is 607.